The van der Waals surface area contributed by atoms with Gasteiger partial charge in [-0.05, 0) is 25.5 Å². The first-order chi connectivity index (χ1) is 7.86. The van der Waals surface area contributed by atoms with E-state index in [1.807, 2.05) is 6.92 Å². The Morgan fingerprint density at radius 3 is 2.82 bits per heavy atom. The smallest absolute Gasteiger partial charge is 0.244 e. The highest BCUT2D eigenvalue weighted by Crippen LogP contribution is 2.24. The van der Waals surface area contributed by atoms with Crippen LogP contribution in [0, 0.1) is 5.82 Å². The maximum atomic E-state index is 12.9. The highest BCUT2D eigenvalue weighted by atomic mass is 19.1. The predicted octanol–water partition coefficient (Wildman–Crippen LogP) is 1.99. The molecule has 0 spiro atoms. The molecule has 0 aromatic heterocycles. The quantitative estimate of drug-likeness (QED) is 0.704. The molecule has 1 aromatic rings. The lowest BCUT2D eigenvalue weighted by Gasteiger charge is -2.23. The third kappa shape index (κ3) is 3.42. The number of phenolic OH excluding ortho intramolecular Hbond substituents is 1. The summed E-state index contributed by atoms with van der Waals surface area (Å²) in [4.78, 5) is 11.8. The van der Waals surface area contributed by atoms with Gasteiger partial charge in [-0.2, -0.15) is 0 Å². The second-order valence-corrected chi connectivity index (χ2v) is 4.28. The number of carbonyl (C=O) groups excluding carboxylic acids is 1. The van der Waals surface area contributed by atoms with Crippen LogP contribution in [0.15, 0.2) is 18.2 Å². The van der Waals surface area contributed by atoms with Crippen molar-refractivity contribution >= 4 is 11.6 Å². The highest BCUT2D eigenvalue weighted by molar-refractivity contribution is 5.98. The molecule has 0 aliphatic heterocycles. The van der Waals surface area contributed by atoms with Crippen LogP contribution in [0.4, 0.5) is 10.1 Å². The number of halogens is 1. The minimum atomic E-state index is -1.03. The van der Waals surface area contributed by atoms with E-state index in [0.717, 1.165) is 18.6 Å². The average Bonchev–Trinajstić information content (AvgIpc) is 2.23. The lowest BCUT2D eigenvalue weighted by molar-refractivity contribution is -0.120. The van der Waals surface area contributed by atoms with Crippen LogP contribution in [0.2, 0.25) is 0 Å². The molecular formula is C12H17FN2O2. The van der Waals surface area contributed by atoms with Gasteiger partial charge in [-0.3, -0.25) is 4.79 Å². The maximum Gasteiger partial charge on any atom is 0.244 e. The molecule has 1 rings (SSSR count). The normalized spacial score (nSPS) is 14.1. The Labute approximate surface area is 99.6 Å². The average molecular weight is 240 g/mol. The molecule has 17 heavy (non-hydrogen) atoms. The Hall–Kier alpha value is -1.62. The second kappa shape index (κ2) is 5.14. The number of amides is 1. The molecule has 1 unspecified atom stereocenters. The van der Waals surface area contributed by atoms with Crippen molar-refractivity contribution in [2.24, 2.45) is 5.73 Å². The summed E-state index contributed by atoms with van der Waals surface area (Å²) in [5.74, 6) is -1.17. The fourth-order valence-electron chi connectivity index (χ4n) is 1.51. The van der Waals surface area contributed by atoms with Gasteiger partial charge in [0, 0.05) is 6.07 Å². The molecule has 0 aliphatic rings. The standard InChI is InChI=1S/C12H17FN2O2/c1-3-6-12(2,14)11(17)15-9-7-8(13)4-5-10(9)16/h4-5,7,16H,3,6,14H2,1-2H3,(H,15,17). The zero-order chi connectivity index (χ0) is 13.1. The first-order valence-corrected chi connectivity index (χ1v) is 5.45. The van der Waals surface area contributed by atoms with Crippen LogP contribution >= 0.6 is 0 Å². The molecule has 0 saturated carbocycles. The summed E-state index contributed by atoms with van der Waals surface area (Å²) in [6.45, 7) is 3.51. The summed E-state index contributed by atoms with van der Waals surface area (Å²) >= 11 is 0. The van der Waals surface area contributed by atoms with Gasteiger partial charge in [-0.25, -0.2) is 4.39 Å². The fraction of sp³-hybridized carbons (Fsp3) is 0.417. The molecule has 1 atom stereocenters. The summed E-state index contributed by atoms with van der Waals surface area (Å²) < 4.78 is 12.9. The Morgan fingerprint density at radius 1 is 1.59 bits per heavy atom. The topological polar surface area (TPSA) is 75.4 Å². The molecule has 0 bridgehead atoms. The van der Waals surface area contributed by atoms with Crippen molar-refractivity contribution in [3.63, 3.8) is 0 Å². The fourth-order valence-corrected chi connectivity index (χ4v) is 1.51. The van der Waals surface area contributed by atoms with E-state index >= 15 is 0 Å². The summed E-state index contributed by atoms with van der Waals surface area (Å²) in [5.41, 5.74) is 4.82. The maximum absolute atomic E-state index is 12.9. The zero-order valence-electron chi connectivity index (χ0n) is 9.96. The number of nitrogens with two attached hydrogens (primary N) is 1. The van der Waals surface area contributed by atoms with Crippen LogP contribution in [0.1, 0.15) is 26.7 Å². The third-order valence-electron chi connectivity index (χ3n) is 2.49. The summed E-state index contributed by atoms with van der Waals surface area (Å²) in [5, 5.41) is 11.9. The molecule has 1 amide bonds. The number of nitrogens with one attached hydrogen (secondary N) is 1. The molecule has 0 heterocycles. The lowest BCUT2D eigenvalue weighted by Crippen LogP contribution is -2.48. The van der Waals surface area contributed by atoms with E-state index in [-0.39, 0.29) is 11.4 Å². The van der Waals surface area contributed by atoms with Crippen molar-refractivity contribution in [3.05, 3.63) is 24.0 Å². The van der Waals surface area contributed by atoms with E-state index < -0.39 is 17.3 Å². The third-order valence-corrected chi connectivity index (χ3v) is 2.49. The molecule has 0 fully saturated rings. The minimum Gasteiger partial charge on any atom is -0.506 e. The highest BCUT2D eigenvalue weighted by Gasteiger charge is 2.27. The zero-order valence-corrected chi connectivity index (χ0v) is 9.96. The Bertz CT molecular complexity index is 419. The summed E-state index contributed by atoms with van der Waals surface area (Å²) in [6.07, 6.45) is 1.27. The van der Waals surface area contributed by atoms with E-state index in [4.69, 9.17) is 5.73 Å². The molecule has 5 heteroatoms. The molecule has 4 nitrogen and oxygen atoms in total. The van der Waals surface area contributed by atoms with E-state index in [9.17, 15) is 14.3 Å². The van der Waals surface area contributed by atoms with E-state index in [0.29, 0.717) is 6.42 Å². The first kappa shape index (κ1) is 13.4. The van der Waals surface area contributed by atoms with Crippen molar-refractivity contribution in [1.29, 1.82) is 0 Å². The largest absolute Gasteiger partial charge is 0.506 e. The Balaban J connectivity index is 2.84. The van der Waals surface area contributed by atoms with Gasteiger partial charge in [0.05, 0.1) is 11.2 Å². The molecule has 94 valence electrons. The van der Waals surface area contributed by atoms with E-state index in [1.165, 1.54) is 6.07 Å². The van der Waals surface area contributed by atoms with Gasteiger partial charge in [-0.15, -0.1) is 0 Å². The lowest BCUT2D eigenvalue weighted by atomic mass is 9.96. The van der Waals surface area contributed by atoms with Crippen molar-refractivity contribution in [1.82, 2.24) is 0 Å². The van der Waals surface area contributed by atoms with Crippen LogP contribution in [0.25, 0.3) is 0 Å². The van der Waals surface area contributed by atoms with Gasteiger partial charge in [-0.1, -0.05) is 13.3 Å². The second-order valence-electron chi connectivity index (χ2n) is 4.28. The van der Waals surface area contributed by atoms with Gasteiger partial charge < -0.3 is 16.2 Å². The number of benzene rings is 1. The predicted molar refractivity (Wildman–Crippen MR) is 64.2 cm³/mol. The molecular weight excluding hydrogens is 223 g/mol. The Kier molecular flexibility index (Phi) is 4.07. The number of carbonyl (C=O) groups is 1. The number of aromatic hydroxyl groups is 1. The number of anilines is 1. The van der Waals surface area contributed by atoms with Crippen molar-refractivity contribution in [2.75, 3.05) is 5.32 Å². The van der Waals surface area contributed by atoms with Gasteiger partial charge >= 0.3 is 0 Å². The first-order valence-electron chi connectivity index (χ1n) is 5.45. The number of rotatable bonds is 4. The van der Waals surface area contributed by atoms with Gasteiger partial charge in [0.2, 0.25) is 5.91 Å². The van der Waals surface area contributed by atoms with Crippen LogP contribution in [-0.4, -0.2) is 16.6 Å². The number of hydrogen-bond donors (Lipinski definition) is 3. The number of hydrogen-bond acceptors (Lipinski definition) is 3. The monoisotopic (exact) mass is 240 g/mol. The summed E-state index contributed by atoms with van der Waals surface area (Å²) in [6, 6.07) is 3.34. The van der Waals surface area contributed by atoms with Crippen molar-refractivity contribution < 1.29 is 14.3 Å². The van der Waals surface area contributed by atoms with Gasteiger partial charge in [0.1, 0.15) is 11.6 Å². The van der Waals surface area contributed by atoms with Crippen molar-refractivity contribution in [2.45, 2.75) is 32.2 Å². The SMILES string of the molecule is CCCC(C)(N)C(=O)Nc1cc(F)ccc1O. The molecule has 4 N–H and O–H groups in total. The van der Waals surface area contributed by atoms with E-state index in [1.54, 1.807) is 6.92 Å². The van der Waals surface area contributed by atoms with Gasteiger partial charge in [0.25, 0.3) is 0 Å². The molecule has 0 aliphatic carbocycles. The Morgan fingerprint density at radius 2 is 2.24 bits per heavy atom. The van der Waals surface area contributed by atoms with Crippen LogP contribution in [0.3, 0.4) is 0 Å². The van der Waals surface area contributed by atoms with Crippen molar-refractivity contribution in [3.8, 4) is 5.75 Å². The minimum absolute atomic E-state index is 0.0304. The van der Waals surface area contributed by atoms with Crippen LogP contribution in [0.5, 0.6) is 5.75 Å². The van der Waals surface area contributed by atoms with Crippen LogP contribution in [-0.2, 0) is 4.79 Å². The summed E-state index contributed by atoms with van der Waals surface area (Å²) in [7, 11) is 0. The molecule has 1 aromatic carbocycles. The van der Waals surface area contributed by atoms with Crippen LogP contribution < -0.4 is 11.1 Å². The van der Waals surface area contributed by atoms with Gasteiger partial charge in [0.15, 0.2) is 0 Å². The molecule has 0 saturated heterocycles. The number of phenols is 1. The molecule has 0 radical (unpaired) electrons. The van der Waals surface area contributed by atoms with E-state index in [2.05, 4.69) is 5.32 Å².